The van der Waals surface area contributed by atoms with Gasteiger partial charge in [0.05, 0.1) is 11.1 Å². The summed E-state index contributed by atoms with van der Waals surface area (Å²) in [5.41, 5.74) is 1.24. The monoisotopic (exact) mass is 352 g/mol. The van der Waals surface area contributed by atoms with E-state index in [1.807, 2.05) is 6.07 Å². The average Bonchev–Trinajstić information content (AvgIpc) is 3.11. The van der Waals surface area contributed by atoms with Crippen LogP contribution in [0.5, 0.6) is 5.75 Å². The quantitative estimate of drug-likeness (QED) is 0.784. The fraction of sp³-hybridized carbons (Fsp3) is 0.300. The number of anilines is 1. The molecule has 1 atom stereocenters. The minimum atomic E-state index is -0.305. The van der Waals surface area contributed by atoms with Crippen LogP contribution >= 0.6 is 0 Å². The largest absolute Gasteiger partial charge is 0.507 e. The lowest BCUT2D eigenvalue weighted by Crippen LogP contribution is -2.31. The number of phenols is 1. The zero-order valence-corrected chi connectivity index (χ0v) is 14.9. The molecule has 0 aliphatic carbocycles. The molecule has 0 radical (unpaired) electrons. The van der Waals surface area contributed by atoms with Gasteiger partial charge in [-0.2, -0.15) is 0 Å². The van der Waals surface area contributed by atoms with Crippen molar-refractivity contribution in [3.63, 3.8) is 0 Å². The molecule has 1 saturated heterocycles. The van der Waals surface area contributed by atoms with Gasteiger partial charge in [0, 0.05) is 24.5 Å². The Bertz CT molecular complexity index is 960. The van der Waals surface area contributed by atoms with Crippen LogP contribution in [0, 0.1) is 5.82 Å². The van der Waals surface area contributed by atoms with Gasteiger partial charge in [0.1, 0.15) is 17.4 Å². The van der Waals surface area contributed by atoms with Gasteiger partial charge < -0.3 is 14.9 Å². The van der Waals surface area contributed by atoms with Crippen LogP contribution in [0.2, 0.25) is 0 Å². The van der Waals surface area contributed by atoms with Gasteiger partial charge in [0.15, 0.2) is 5.82 Å². The predicted molar refractivity (Wildman–Crippen MR) is 101 cm³/mol. The molecule has 5 nitrogen and oxygen atoms in total. The molecule has 2 heterocycles. The molecule has 1 aliphatic heterocycles. The average molecular weight is 352 g/mol. The summed E-state index contributed by atoms with van der Waals surface area (Å²) < 4.78 is 13.9. The SMILES string of the molecule is CN(C)[C@@H]1CCN(c2nc(-c3ccccc3O)nc3ccc(F)cc23)C1. The number of para-hydroxylation sites is 1. The van der Waals surface area contributed by atoms with Crippen LogP contribution < -0.4 is 4.90 Å². The predicted octanol–water partition coefficient (Wildman–Crippen LogP) is 3.28. The Hall–Kier alpha value is -2.73. The Morgan fingerprint density at radius 1 is 1.15 bits per heavy atom. The number of likely N-dealkylation sites (N-methyl/N-ethyl adjacent to an activating group) is 1. The molecular formula is C20H21FN4O. The van der Waals surface area contributed by atoms with Crippen molar-refractivity contribution in [3.8, 4) is 17.1 Å². The third kappa shape index (κ3) is 2.97. The maximum absolute atomic E-state index is 13.9. The smallest absolute Gasteiger partial charge is 0.165 e. The second-order valence-electron chi connectivity index (χ2n) is 6.90. The summed E-state index contributed by atoms with van der Waals surface area (Å²) in [7, 11) is 4.14. The Morgan fingerprint density at radius 2 is 1.96 bits per heavy atom. The molecule has 2 aromatic carbocycles. The summed E-state index contributed by atoms with van der Waals surface area (Å²) in [6.45, 7) is 1.68. The van der Waals surface area contributed by atoms with Gasteiger partial charge in [-0.3, -0.25) is 0 Å². The molecule has 6 heteroatoms. The third-order valence-electron chi connectivity index (χ3n) is 4.98. The summed E-state index contributed by atoms with van der Waals surface area (Å²) in [5.74, 6) is 0.996. The van der Waals surface area contributed by atoms with Gasteiger partial charge in [0.2, 0.25) is 0 Å². The van der Waals surface area contributed by atoms with Crippen molar-refractivity contribution in [2.24, 2.45) is 0 Å². The zero-order valence-electron chi connectivity index (χ0n) is 14.9. The number of fused-ring (bicyclic) bond motifs is 1. The standard InChI is InChI=1S/C20H21FN4O/c1-24(2)14-9-10-25(12-14)20-16-11-13(21)7-8-17(16)22-19(23-20)15-5-3-4-6-18(15)26/h3-8,11,14,26H,9-10,12H2,1-2H3/t14-/m1/s1. The number of aromatic nitrogens is 2. The molecule has 26 heavy (non-hydrogen) atoms. The number of benzene rings is 2. The maximum Gasteiger partial charge on any atom is 0.165 e. The highest BCUT2D eigenvalue weighted by molar-refractivity contribution is 5.91. The van der Waals surface area contributed by atoms with Gasteiger partial charge in [-0.15, -0.1) is 0 Å². The van der Waals surface area contributed by atoms with Crippen molar-refractivity contribution in [2.45, 2.75) is 12.5 Å². The minimum Gasteiger partial charge on any atom is -0.507 e. The Balaban J connectivity index is 1.87. The number of hydrogen-bond acceptors (Lipinski definition) is 5. The summed E-state index contributed by atoms with van der Waals surface area (Å²) in [5, 5.41) is 10.9. The fourth-order valence-corrected chi connectivity index (χ4v) is 3.46. The normalized spacial score (nSPS) is 17.4. The summed E-state index contributed by atoms with van der Waals surface area (Å²) in [6, 6.07) is 12.0. The zero-order chi connectivity index (χ0) is 18.3. The van der Waals surface area contributed by atoms with Crippen molar-refractivity contribution in [3.05, 3.63) is 48.3 Å². The molecular weight excluding hydrogens is 331 g/mol. The highest BCUT2D eigenvalue weighted by Crippen LogP contribution is 2.33. The number of aromatic hydroxyl groups is 1. The second kappa shape index (κ2) is 6.53. The summed E-state index contributed by atoms with van der Waals surface area (Å²) in [6.07, 6.45) is 1.03. The van der Waals surface area contributed by atoms with Gasteiger partial charge in [-0.25, -0.2) is 14.4 Å². The van der Waals surface area contributed by atoms with Crippen LogP contribution in [0.4, 0.5) is 10.2 Å². The van der Waals surface area contributed by atoms with E-state index in [4.69, 9.17) is 4.98 Å². The number of nitrogens with zero attached hydrogens (tertiary/aromatic N) is 4. The molecule has 1 fully saturated rings. The summed E-state index contributed by atoms with van der Waals surface area (Å²) >= 11 is 0. The van der Waals surface area contributed by atoms with E-state index in [9.17, 15) is 9.50 Å². The maximum atomic E-state index is 13.9. The Kier molecular flexibility index (Phi) is 4.20. The van der Waals surface area contributed by atoms with Crippen molar-refractivity contribution < 1.29 is 9.50 Å². The Morgan fingerprint density at radius 3 is 2.69 bits per heavy atom. The van der Waals surface area contributed by atoms with Crippen LogP contribution in [0.1, 0.15) is 6.42 Å². The van der Waals surface area contributed by atoms with E-state index >= 15 is 0 Å². The number of hydrogen-bond donors (Lipinski definition) is 1. The lowest BCUT2D eigenvalue weighted by molar-refractivity contribution is 0.315. The number of halogens is 1. The molecule has 4 rings (SSSR count). The first kappa shape index (κ1) is 16.7. The van der Waals surface area contributed by atoms with Crippen molar-refractivity contribution in [2.75, 3.05) is 32.1 Å². The van der Waals surface area contributed by atoms with Gasteiger partial charge >= 0.3 is 0 Å². The fourth-order valence-electron chi connectivity index (χ4n) is 3.46. The van der Waals surface area contributed by atoms with E-state index in [0.29, 0.717) is 28.3 Å². The number of phenolic OH excluding ortho intramolecular Hbond substituents is 1. The van der Waals surface area contributed by atoms with Crippen LogP contribution in [0.3, 0.4) is 0 Å². The Labute approximate surface area is 151 Å². The molecule has 134 valence electrons. The van der Waals surface area contributed by atoms with Crippen LogP contribution in [-0.4, -0.2) is 53.2 Å². The van der Waals surface area contributed by atoms with Crippen LogP contribution in [0.25, 0.3) is 22.3 Å². The lowest BCUT2D eigenvalue weighted by Gasteiger charge is -2.22. The molecule has 0 spiro atoms. The molecule has 0 unspecified atom stereocenters. The first-order chi connectivity index (χ1) is 12.5. The van der Waals surface area contributed by atoms with E-state index in [-0.39, 0.29) is 11.6 Å². The molecule has 0 saturated carbocycles. The van der Waals surface area contributed by atoms with Crippen molar-refractivity contribution >= 4 is 16.7 Å². The van der Waals surface area contributed by atoms with Crippen LogP contribution in [-0.2, 0) is 0 Å². The molecule has 0 bridgehead atoms. The molecule has 1 N–H and O–H groups in total. The van der Waals surface area contributed by atoms with Crippen molar-refractivity contribution in [1.82, 2.24) is 14.9 Å². The lowest BCUT2D eigenvalue weighted by atomic mass is 10.1. The van der Waals surface area contributed by atoms with Gasteiger partial charge in [-0.05, 0) is 50.8 Å². The molecule has 1 aromatic heterocycles. The first-order valence-electron chi connectivity index (χ1n) is 8.70. The topological polar surface area (TPSA) is 52.5 Å². The van der Waals surface area contributed by atoms with Crippen LogP contribution in [0.15, 0.2) is 42.5 Å². The van der Waals surface area contributed by atoms with E-state index in [1.54, 1.807) is 24.3 Å². The summed E-state index contributed by atoms with van der Waals surface area (Å²) in [4.78, 5) is 13.7. The minimum absolute atomic E-state index is 0.132. The van der Waals surface area contributed by atoms with E-state index in [1.165, 1.54) is 12.1 Å². The van der Waals surface area contributed by atoms with Crippen molar-refractivity contribution in [1.29, 1.82) is 0 Å². The van der Waals surface area contributed by atoms with E-state index < -0.39 is 0 Å². The van der Waals surface area contributed by atoms with Gasteiger partial charge in [0.25, 0.3) is 0 Å². The number of rotatable bonds is 3. The third-order valence-corrected chi connectivity index (χ3v) is 4.98. The van der Waals surface area contributed by atoms with Gasteiger partial charge in [-0.1, -0.05) is 12.1 Å². The molecule has 3 aromatic rings. The second-order valence-corrected chi connectivity index (χ2v) is 6.90. The highest BCUT2D eigenvalue weighted by atomic mass is 19.1. The van der Waals surface area contributed by atoms with E-state index in [0.717, 1.165) is 25.3 Å². The highest BCUT2D eigenvalue weighted by Gasteiger charge is 2.27. The molecule has 1 aliphatic rings. The van der Waals surface area contributed by atoms with E-state index in [2.05, 4.69) is 28.9 Å². The first-order valence-corrected chi connectivity index (χ1v) is 8.70. The molecule has 0 amide bonds.